The van der Waals surface area contributed by atoms with E-state index in [0.717, 1.165) is 0 Å². The van der Waals surface area contributed by atoms with Crippen molar-refractivity contribution >= 4 is 11.8 Å². The number of carbonyl (C=O) groups is 2. The summed E-state index contributed by atoms with van der Waals surface area (Å²) in [6.07, 6.45) is 1.37. The van der Waals surface area contributed by atoms with Crippen molar-refractivity contribution in [2.75, 3.05) is 0 Å². The lowest BCUT2D eigenvalue weighted by Crippen LogP contribution is -2.13. The molecule has 1 N–H and O–H groups in total. The van der Waals surface area contributed by atoms with E-state index in [9.17, 15) is 9.59 Å². The fourth-order valence-corrected chi connectivity index (χ4v) is 0.607. The lowest BCUT2D eigenvalue weighted by atomic mass is 10.3. The summed E-state index contributed by atoms with van der Waals surface area (Å²) >= 11 is 0. The molecule has 0 aromatic carbocycles. The Morgan fingerprint density at radius 2 is 2.09 bits per heavy atom. The Morgan fingerprint density at radius 3 is 2.55 bits per heavy atom. The Labute approximate surface area is 62.5 Å². The molecule has 56 valence electrons. The Bertz CT molecular complexity index is 281. The van der Waals surface area contributed by atoms with E-state index in [1.54, 1.807) is 12.1 Å². The number of pyridine rings is 1. The number of hydrogen-bond donors (Lipinski definition) is 1. The Hall–Kier alpha value is -1.71. The molecule has 0 radical (unpaired) electrons. The van der Waals surface area contributed by atoms with Crippen LogP contribution >= 0.6 is 0 Å². The van der Waals surface area contributed by atoms with Crippen LogP contribution < -0.4 is 0 Å². The van der Waals surface area contributed by atoms with Crippen molar-refractivity contribution in [3.63, 3.8) is 0 Å². The molecular formula is C7H5NO3. The van der Waals surface area contributed by atoms with Gasteiger partial charge in [-0.2, -0.15) is 0 Å². The van der Waals surface area contributed by atoms with Crippen LogP contribution in [-0.4, -0.2) is 21.8 Å². The average Bonchev–Trinajstić information content (AvgIpc) is 2.05. The number of aliphatic carboxylic acids is 1. The summed E-state index contributed by atoms with van der Waals surface area (Å²) in [5.74, 6) is -2.46. The van der Waals surface area contributed by atoms with Crippen molar-refractivity contribution in [1.82, 2.24) is 4.98 Å². The molecule has 4 heteroatoms. The van der Waals surface area contributed by atoms with Gasteiger partial charge >= 0.3 is 5.97 Å². The fraction of sp³-hybridized carbons (Fsp3) is 0. The van der Waals surface area contributed by atoms with E-state index >= 15 is 0 Å². The SMILES string of the molecule is O=C(O)C(=O)c1cc[13cH]cn1. The number of hydrogen-bond acceptors (Lipinski definition) is 3. The normalized spacial score (nSPS) is 9.09. The zero-order chi connectivity index (χ0) is 8.27. The number of nitrogens with zero attached hydrogens (tertiary/aromatic N) is 1. The Kier molecular flexibility index (Phi) is 1.96. The second kappa shape index (κ2) is 2.92. The quantitative estimate of drug-likeness (QED) is 0.490. The van der Waals surface area contributed by atoms with Crippen molar-refractivity contribution in [3.05, 3.63) is 30.1 Å². The first-order valence-corrected chi connectivity index (χ1v) is 2.90. The van der Waals surface area contributed by atoms with E-state index in [1.807, 2.05) is 0 Å². The summed E-state index contributed by atoms with van der Waals surface area (Å²) in [5, 5.41) is 8.25. The van der Waals surface area contributed by atoms with E-state index in [1.165, 1.54) is 12.3 Å². The van der Waals surface area contributed by atoms with Gasteiger partial charge in [0.1, 0.15) is 5.69 Å². The number of carbonyl (C=O) groups excluding carboxylic acids is 1. The van der Waals surface area contributed by atoms with Crippen LogP contribution in [-0.2, 0) is 4.79 Å². The lowest BCUT2D eigenvalue weighted by molar-refractivity contribution is -0.131. The molecule has 1 heterocycles. The fourth-order valence-electron chi connectivity index (χ4n) is 0.607. The maximum absolute atomic E-state index is 10.7. The smallest absolute Gasteiger partial charge is 0.378 e. The van der Waals surface area contributed by atoms with E-state index in [2.05, 4.69) is 4.98 Å². The number of carboxylic acids is 1. The van der Waals surface area contributed by atoms with Crippen LogP contribution in [0, 0.1) is 0 Å². The Morgan fingerprint density at radius 1 is 1.36 bits per heavy atom. The first kappa shape index (κ1) is 7.40. The van der Waals surface area contributed by atoms with Crippen LogP contribution in [0.25, 0.3) is 0 Å². The molecule has 11 heavy (non-hydrogen) atoms. The molecule has 0 aliphatic heterocycles. The summed E-state index contributed by atoms with van der Waals surface area (Å²) in [4.78, 5) is 24.4. The van der Waals surface area contributed by atoms with Gasteiger partial charge in [0.05, 0.1) is 0 Å². The molecule has 0 atom stereocenters. The van der Waals surface area contributed by atoms with Crippen molar-refractivity contribution in [2.45, 2.75) is 0 Å². The predicted molar refractivity (Wildman–Crippen MR) is 36.2 cm³/mol. The highest BCUT2D eigenvalue weighted by Gasteiger charge is 2.14. The minimum Gasteiger partial charge on any atom is -0.475 e. The molecule has 0 saturated heterocycles. The summed E-state index contributed by atoms with van der Waals surface area (Å²) in [7, 11) is 0. The standard InChI is InChI=1S/C7H5NO3/c9-6(7(10)11)5-3-1-2-4-8-5/h1-4H,(H,10,11)/i2+1. The third-order valence-corrected chi connectivity index (χ3v) is 1.09. The highest BCUT2D eigenvalue weighted by Crippen LogP contribution is 1.94. The molecule has 0 bridgehead atoms. The second-order valence-corrected chi connectivity index (χ2v) is 1.85. The van der Waals surface area contributed by atoms with Gasteiger partial charge in [-0.05, 0) is 12.1 Å². The Balaban J connectivity index is 2.95. The van der Waals surface area contributed by atoms with E-state index in [0.29, 0.717) is 0 Å². The van der Waals surface area contributed by atoms with Crippen molar-refractivity contribution in [2.24, 2.45) is 0 Å². The molecule has 0 saturated carbocycles. The van der Waals surface area contributed by atoms with Crippen molar-refractivity contribution in [1.29, 1.82) is 0 Å². The highest BCUT2D eigenvalue weighted by molar-refractivity contribution is 6.39. The predicted octanol–water partition coefficient (Wildman–Crippen LogP) is 0.349. The minimum atomic E-state index is -1.48. The van der Waals surface area contributed by atoms with Gasteiger partial charge in [-0.3, -0.25) is 9.78 Å². The lowest BCUT2D eigenvalue weighted by Gasteiger charge is -1.90. The number of aromatic nitrogens is 1. The number of Topliss-reactive ketones (excluding diaryl/α,β-unsaturated/α-hetero) is 1. The van der Waals surface area contributed by atoms with E-state index < -0.39 is 11.8 Å². The highest BCUT2D eigenvalue weighted by atomic mass is 16.4. The first-order valence-electron chi connectivity index (χ1n) is 2.90. The number of ketones is 1. The van der Waals surface area contributed by atoms with Crippen LogP contribution in [0.2, 0.25) is 0 Å². The van der Waals surface area contributed by atoms with E-state index in [4.69, 9.17) is 5.11 Å². The van der Waals surface area contributed by atoms with Crippen LogP contribution in [0.1, 0.15) is 10.5 Å². The summed E-state index contributed by atoms with van der Waals surface area (Å²) < 4.78 is 0. The van der Waals surface area contributed by atoms with Crippen molar-refractivity contribution in [3.8, 4) is 0 Å². The molecular weight excluding hydrogens is 147 g/mol. The van der Waals surface area contributed by atoms with Crippen LogP contribution in [0.4, 0.5) is 0 Å². The monoisotopic (exact) mass is 152 g/mol. The maximum Gasteiger partial charge on any atom is 0.378 e. The molecule has 0 spiro atoms. The van der Waals surface area contributed by atoms with Gasteiger partial charge < -0.3 is 5.11 Å². The number of carboxylic acid groups (broad SMARTS) is 1. The van der Waals surface area contributed by atoms with Crippen molar-refractivity contribution < 1.29 is 14.7 Å². The van der Waals surface area contributed by atoms with Gasteiger partial charge in [-0.1, -0.05) is 6.07 Å². The molecule has 0 aliphatic carbocycles. The molecule has 1 aromatic rings. The zero-order valence-electron chi connectivity index (χ0n) is 5.52. The van der Waals surface area contributed by atoms with Crippen LogP contribution in [0.5, 0.6) is 0 Å². The van der Waals surface area contributed by atoms with Gasteiger partial charge in [0.25, 0.3) is 5.78 Å². The molecule has 0 amide bonds. The zero-order valence-corrected chi connectivity index (χ0v) is 5.52. The van der Waals surface area contributed by atoms with Crippen LogP contribution in [0.3, 0.4) is 0 Å². The largest absolute Gasteiger partial charge is 0.475 e. The molecule has 0 fully saturated rings. The van der Waals surface area contributed by atoms with Crippen LogP contribution in [0.15, 0.2) is 24.4 Å². The van der Waals surface area contributed by atoms with Gasteiger partial charge in [0.15, 0.2) is 0 Å². The number of rotatable bonds is 2. The first-order chi connectivity index (χ1) is 5.22. The minimum absolute atomic E-state index is 0.0417. The van der Waals surface area contributed by atoms with Gasteiger partial charge in [0.2, 0.25) is 0 Å². The van der Waals surface area contributed by atoms with E-state index in [-0.39, 0.29) is 5.69 Å². The molecule has 0 aliphatic rings. The summed E-state index contributed by atoms with van der Waals surface area (Å²) in [5.41, 5.74) is -0.0417. The topological polar surface area (TPSA) is 67.3 Å². The molecule has 4 nitrogen and oxygen atoms in total. The third kappa shape index (κ3) is 1.61. The maximum atomic E-state index is 10.7. The van der Waals surface area contributed by atoms with Gasteiger partial charge in [-0.15, -0.1) is 0 Å². The molecule has 0 unspecified atom stereocenters. The van der Waals surface area contributed by atoms with Gasteiger partial charge in [0, 0.05) is 6.20 Å². The second-order valence-electron chi connectivity index (χ2n) is 1.85. The molecule has 1 rings (SSSR count). The third-order valence-electron chi connectivity index (χ3n) is 1.09. The van der Waals surface area contributed by atoms with Gasteiger partial charge in [-0.25, -0.2) is 4.79 Å². The summed E-state index contributed by atoms with van der Waals surface area (Å²) in [6.45, 7) is 0. The molecule has 1 aromatic heterocycles. The average molecular weight is 152 g/mol. The summed E-state index contributed by atoms with van der Waals surface area (Å²) in [6, 6.07) is 4.53.